The zero-order valence-corrected chi connectivity index (χ0v) is 13.5. The van der Waals surface area contributed by atoms with E-state index < -0.39 is 5.60 Å². The fraction of sp³-hybridized carbons (Fsp3) is 0.684. The predicted octanol–water partition coefficient (Wildman–Crippen LogP) is 3.18. The topological polar surface area (TPSA) is 32.7 Å². The number of morpholine rings is 1. The maximum Gasteiger partial charge on any atom is 0.0936 e. The third-order valence-corrected chi connectivity index (χ3v) is 5.47. The van der Waals surface area contributed by atoms with Crippen LogP contribution in [0.25, 0.3) is 0 Å². The summed E-state index contributed by atoms with van der Waals surface area (Å²) in [7, 11) is 0. The van der Waals surface area contributed by atoms with Crippen molar-refractivity contribution in [3.05, 3.63) is 35.9 Å². The van der Waals surface area contributed by atoms with Crippen molar-refractivity contribution in [2.75, 3.05) is 32.8 Å². The zero-order chi connectivity index (χ0) is 15.3. The molecule has 0 amide bonds. The molecule has 0 aromatic heterocycles. The Morgan fingerprint density at radius 1 is 1.05 bits per heavy atom. The molecule has 0 bridgehead atoms. The molecule has 1 atom stereocenters. The van der Waals surface area contributed by atoms with Gasteiger partial charge in [0.2, 0.25) is 0 Å². The zero-order valence-electron chi connectivity index (χ0n) is 13.5. The Balaban J connectivity index is 1.73. The molecule has 3 nitrogen and oxygen atoms in total. The van der Waals surface area contributed by atoms with E-state index in [4.69, 9.17) is 4.74 Å². The van der Waals surface area contributed by atoms with Gasteiger partial charge in [-0.1, -0.05) is 49.6 Å². The minimum atomic E-state index is -0.667. The smallest absolute Gasteiger partial charge is 0.0936 e. The van der Waals surface area contributed by atoms with E-state index in [-0.39, 0.29) is 0 Å². The van der Waals surface area contributed by atoms with Gasteiger partial charge in [0.15, 0.2) is 0 Å². The predicted molar refractivity (Wildman–Crippen MR) is 88.8 cm³/mol. The van der Waals surface area contributed by atoms with Gasteiger partial charge in [-0.05, 0) is 30.7 Å². The van der Waals surface area contributed by atoms with Gasteiger partial charge in [0.25, 0.3) is 0 Å². The van der Waals surface area contributed by atoms with Crippen LogP contribution in [0.2, 0.25) is 0 Å². The van der Waals surface area contributed by atoms with E-state index in [0.717, 1.165) is 57.7 Å². The second-order valence-electron chi connectivity index (χ2n) is 6.83. The lowest BCUT2D eigenvalue weighted by Crippen LogP contribution is -2.43. The molecular weight excluding hydrogens is 274 g/mol. The summed E-state index contributed by atoms with van der Waals surface area (Å²) in [5.41, 5.74) is 0.440. The summed E-state index contributed by atoms with van der Waals surface area (Å²) in [4.78, 5) is 2.43. The van der Waals surface area contributed by atoms with Crippen LogP contribution < -0.4 is 0 Å². The molecule has 0 radical (unpaired) electrons. The first-order valence-corrected chi connectivity index (χ1v) is 8.87. The highest BCUT2D eigenvalue weighted by Gasteiger charge is 2.38. The lowest BCUT2D eigenvalue weighted by atomic mass is 9.71. The maximum atomic E-state index is 11.6. The number of benzene rings is 1. The normalized spacial score (nSPS) is 24.0. The van der Waals surface area contributed by atoms with Gasteiger partial charge in [-0.15, -0.1) is 0 Å². The van der Waals surface area contributed by atoms with E-state index in [9.17, 15) is 5.11 Å². The molecule has 1 aromatic rings. The molecule has 1 aromatic carbocycles. The lowest BCUT2D eigenvalue weighted by Gasteiger charge is -2.40. The number of hydrogen-bond acceptors (Lipinski definition) is 3. The molecule has 1 heterocycles. The number of ether oxygens (including phenoxy) is 1. The van der Waals surface area contributed by atoms with Crippen LogP contribution in [0.3, 0.4) is 0 Å². The molecule has 22 heavy (non-hydrogen) atoms. The van der Waals surface area contributed by atoms with Crippen molar-refractivity contribution in [1.82, 2.24) is 4.90 Å². The highest BCUT2D eigenvalue weighted by Crippen LogP contribution is 2.41. The Kier molecular flexibility index (Phi) is 5.51. The van der Waals surface area contributed by atoms with Crippen molar-refractivity contribution in [2.45, 2.75) is 44.1 Å². The van der Waals surface area contributed by atoms with E-state index in [2.05, 4.69) is 29.2 Å². The van der Waals surface area contributed by atoms with Gasteiger partial charge in [0.05, 0.1) is 18.8 Å². The standard InChI is InChI=1S/C19H29NO2/c21-19(17-7-3-1-4-8-17,18-9-5-2-6-10-18)11-12-20-13-15-22-16-14-20/h1,3-4,7-8,18,21H,2,5-6,9-16H2. The Morgan fingerprint density at radius 3 is 2.41 bits per heavy atom. The molecule has 1 saturated heterocycles. The number of nitrogens with zero attached hydrogens (tertiary/aromatic N) is 1. The molecule has 1 unspecified atom stereocenters. The second-order valence-corrected chi connectivity index (χ2v) is 6.83. The highest BCUT2D eigenvalue weighted by molar-refractivity contribution is 5.23. The summed E-state index contributed by atoms with van der Waals surface area (Å²) in [6, 6.07) is 10.4. The van der Waals surface area contributed by atoms with Gasteiger partial charge in [-0.2, -0.15) is 0 Å². The molecular formula is C19H29NO2. The van der Waals surface area contributed by atoms with Crippen molar-refractivity contribution in [3.8, 4) is 0 Å². The quantitative estimate of drug-likeness (QED) is 0.907. The van der Waals surface area contributed by atoms with Crippen molar-refractivity contribution >= 4 is 0 Å². The van der Waals surface area contributed by atoms with Crippen molar-refractivity contribution < 1.29 is 9.84 Å². The third-order valence-electron chi connectivity index (χ3n) is 5.47. The van der Waals surface area contributed by atoms with Gasteiger partial charge in [-0.3, -0.25) is 4.90 Å². The van der Waals surface area contributed by atoms with Gasteiger partial charge in [0.1, 0.15) is 0 Å². The average Bonchev–Trinajstić information content (AvgIpc) is 2.62. The molecule has 3 rings (SSSR count). The minimum Gasteiger partial charge on any atom is -0.385 e. The summed E-state index contributed by atoms with van der Waals surface area (Å²) in [5, 5.41) is 11.6. The maximum absolute atomic E-state index is 11.6. The Morgan fingerprint density at radius 2 is 1.73 bits per heavy atom. The van der Waals surface area contributed by atoms with Crippen LogP contribution in [-0.4, -0.2) is 42.9 Å². The third kappa shape index (κ3) is 3.70. The number of aliphatic hydroxyl groups is 1. The summed E-state index contributed by atoms with van der Waals surface area (Å²) in [6.07, 6.45) is 7.00. The molecule has 122 valence electrons. The molecule has 3 heteroatoms. The fourth-order valence-electron chi connectivity index (χ4n) is 4.04. The summed E-state index contributed by atoms with van der Waals surface area (Å²) in [6.45, 7) is 4.61. The molecule has 2 aliphatic rings. The van der Waals surface area contributed by atoms with E-state index in [1.54, 1.807) is 0 Å². The van der Waals surface area contributed by atoms with E-state index in [0.29, 0.717) is 5.92 Å². The fourth-order valence-corrected chi connectivity index (χ4v) is 4.04. The van der Waals surface area contributed by atoms with Crippen LogP contribution in [0, 0.1) is 5.92 Å². The number of hydrogen-bond donors (Lipinski definition) is 1. The van der Waals surface area contributed by atoms with Crippen LogP contribution in [0.4, 0.5) is 0 Å². The molecule has 0 spiro atoms. The van der Waals surface area contributed by atoms with Gasteiger partial charge in [-0.25, -0.2) is 0 Å². The summed E-state index contributed by atoms with van der Waals surface area (Å²) in [5.74, 6) is 0.407. The van der Waals surface area contributed by atoms with Gasteiger partial charge < -0.3 is 9.84 Å². The Hall–Kier alpha value is -0.900. The summed E-state index contributed by atoms with van der Waals surface area (Å²) < 4.78 is 5.43. The largest absolute Gasteiger partial charge is 0.385 e. The van der Waals surface area contributed by atoms with Crippen molar-refractivity contribution in [1.29, 1.82) is 0 Å². The second kappa shape index (κ2) is 7.58. The number of rotatable bonds is 5. The summed E-state index contributed by atoms with van der Waals surface area (Å²) >= 11 is 0. The van der Waals surface area contributed by atoms with E-state index >= 15 is 0 Å². The van der Waals surface area contributed by atoms with Crippen molar-refractivity contribution in [3.63, 3.8) is 0 Å². The lowest BCUT2D eigenvalue weighted by molar-refractivity contribution is -0.0581. The van der Waals surface area contributed by atoms with Crippen LogP contribution in [0.1, 0.15) is 44.1 Å². The minimum absolute atomic E-state index is 0.407. The van der Waals surface area contributed by atoms with Crippen LogP contribution >= 0.6 is 0 Å². The molecule has 1 saturated carbocycles. The molecule has 1 N–H and O–H groups in total. The average molecular weight is 303 g/mol. The molecule has 1 aliphatic carbocycles. The first-order chi connectivity index (χ1) is 10.8. The van der Waals surface area contributed by atoms with Gasteiger partial charge >= 0.3 is 0 Å². The van der Waals surface area contributed by atoms with Gasteiger partial charge in [0, 0.05) is 19.6 Å². The van der Waals surface area contributed by atoms with Crippen LogP contribution in [0.5, 0.6) is 0 Å². The van der Waals surface area contributed by atoms with Crippen LogP contribution in [0.15, 0.2) is 30.3 Å². The molecule has 2 fully saturated rings. The Labute approximate surface area is 134 Å². The van der Waals surface area contributed by atoms with Crippen molar-refractivity contribution in [2.24, 2.45) is 5.92 Å². The monoisotopic (exact) mass is 303 g/mol. The van der Waals surface area contributed by atoms with E-state index in [1.807, 2.05) is 6.07 Å². The first kappa shape index (κ1) is 16.0. The SMILES string of the molecule is OC(CCN1CCOCC1)(c1ccccc1)C1CCCCC1. The molecule has 1 aliphatic heterocycles. The van der Waals surface area contributed by atoms with Crippen LogP contribution in [-0.2, 0) is 10.3 Å². The van der Waals surface area contributed by atoms with E-state index in [1.165, 1.54) is 19.3 Å². The first-order valence-electron chi connectivity index (χ1n) is 8.87. The Bertz CT molecular complexity index is 438. The highest BCUT2D eigenvalue weighted by atomic mass is 16.5.